The Balaban J connectivity index is 1.81. The Morgan fingerprint density at radius 2 is 2.24 bits per heavy atom. The zero-order valence-corrected chi connectivity index (χ0v) is 14.2. The lowest BCUT2D eigenvalue weighted by molar-refractivity contribution is -0.115. The number of nitrogens with zero attached hydrogens (tertiary/aromatic N) is 3. The maximum absolute atomic E-state index is 12.6. The first-order chi connectivity index (χ1) is 12.0. The number of carbonyl (C=O) groups excluding carboxylic acids is 2. The van der Waals surface area contributed by atoms with Crippen LogP contribution in [0.4, 0.5) is 11.4 Å². The van der Waals surface area contributed by atoms with Gasteiger partial charge in [0.1, 0.15) is 0 Å². The van der Waals surface area contributed by atoms with E-state index < -0.39 is 6.04 Å². The number of hydrogen-bond donors (Lipinski definition) is 3. The first-order valence-corrected chi connectivity index (χ1v) is 8.03. The molecule has 0 radical (unpaired) electrons. The van der Waals surface area contributed by atoms with E-state index >= 15 is 0 Å². The lowest BCUT2D eigenvalue weighted by atomic mass is 10.1. The molecule has 25 heavy (non-hydrogen) atoms. The predicted molar refractivity (Wildman–Crippen MR) is 93.5 cm³/mol. The molecule has 1 aliphatic rings. The summed E-state index contributed by atoms with van der Waals surface area (Å²) in [4.78, 5) is 26.3. The number of amides is 2. The summed E-state index contributed by atoms with van der Waals surface area (Å²) < 4.78 is 1.61. The van der Waals surface area contributed by atoms with Crippen LogP contribution in [0.3, 0.4) is 0 Å². The Hall–Kier alpha value is -2.87. The molecule has 0 fully saturated rings. The number of aliphatic hydroxyl groups excluding tert-OH is 1. The molecule has 8 heteroatoms. The van der Waals surface area contributed by atoms with Crippen LogP contribution < -0.4 is 15.5 Å². The van der Waals surface area contributed by atoms with Crippen LogP contribution in [0, 0.1) is 0 Å². The van der Waals surface area contributed by atoms with E-state index in [1.807, 2.05) is 18.0 Å². The summed E-state index contributed by atoms with van der Waals surface area (Å²) in [5.74, 6) is -0.404. The summed E-state index contributed by atoms with van der Waals surface area (Å²) in [7, 11) is 3.68. The number of fused-ring (bicyclic) bond motifs is 1. The van der Waals surface area contributed by atoms with E-state index in [1.165, 1.54) is 0 Å². The Labute approximate surface area is 145 Å². The minimum atomic E-state index is -0.544. The van der Waals surface area contributed by atoms with E-state index in [0.29, 0.717) is 24.2 Å². The maximum atomic E-state index is 12.6. The number of aliphatic hydroxyl groups is 1. The fourth-order valence-electron chi connectivity index (χ4n) is 2.81. The third-order valence-electron chi connectivity index (χ3n) is 4.23. The fourth-order valence-corrected chi connectivity index (χ4v) is 2.81. The standard InChI is InChI=1S/C17H21N5O3/c1-21-6-5-16(24)19-13-7-11(3-4-15(13)21)17(25)20-14(10-23)12-8-18-22(2)9-12/h3-4,7-9,14,23H,5-6,10H2,1-2H3,(H,19,24)(H,20,25). The van der Waals surface area contributed by atoms with Crippen molar-refractivity contribution in [1.29, 1.82) is 0 Å². The largest absolute Gasteiger partial charge is 0.394 e. The zero-order chi connectivity index (χ0) is 18.0. The summed E-state index contributed by atoms with van der Waals surface area (Å²) in [6.07, 6.45) is 3.75. The van der Waals surface area contributed by atoms with Crippen LogP contribution in [0.5, 0.6) is 0 Å². The van der Waals surface area contributed by atoms with Gasteiger partial charge in [-0.05, 0) is 18.2 Å². The van der Waals surface area contributed by atoms with Gasteiger partial charge in [0.2, 0.25) is 5.91 Å². The van der Waals surface area contributed by atoms with Crippen molar-refractivity contribution in [3.63, 3.8) is 0 Å². The summed E-state index contributed by atoms with van der Waals surface area (Å²) in [5, 5.41) is 19.2. The van der Waals surface area contributed by atoms with Crippen molar-refractivity contribution in [2.75, 3.05) is 30.4 Å². The zero-order valence-electron chi connectivity index (χ0n) is 14.2. The molecule has 2 aromatic rings. The van der Waals surface area contributed by atoms with E-state index in [9.17, 15) is 14.7 Å². The van der Waals surface area contributed by atoms with Crippen molar-refractivity contribution in [2.45, 2.75) is 12.5 Å². The Bertz CT molecular complexity index is 801. The molecule has 1 aromatic heterocycles. The third-order valence-corrected chi connectivity index (χ3v) is 4.23. The Morgan fingerprint density at radius 3 is 2.92 bits per heavy atom. The molecule has 1 aliphatic heterocycles. The van der Waals surface area contributed by atoms with Crippen LogP contribution >= 0.6 is 0 Å². The molecule has 3 N–H and O–H groups in total. The van der Waals surface area contributed by atoms with Crippen LogP contribution in [0.2, 0.25) is 0 Å². The maximum Gasteiger partial charge on any atom is 0.251 e. The minimum absolute atomic E-state index is 0.0771. The van der Waals surface area contributed by atoms with Gasteiger partial charge in [0, 0.05) is 44.4 Å². The van der Waals surface area contributed by atoms with Gasteiger partial charge in [0.25, 0.3) is 5.91 Å². The number of rotatable bonds is 4. The van der Waals surface area contributed by atoms with Crippen LogP contribution in [0.1, 0.15) is 28.4 Å². The van der Waals surface area contributed by atoms with Gasteiger partial charge >= 0.3 is 0 Å². The third kappa shape index (κ3) is 3.63. The summed E-state index contributed by atoms with van der Waals surface area (Å²) in [5.41, 5.74) is 2.62. The average molecular weight is 343 g/mol. The van der Waals surface area contributed by atoms with Crippen LogP contribution in [-0.2, 0) is 11.8 Å². The van der Waals surface area contributed by atoms with Crippen LogP contribution in [0.25, 0.3) is 0 Å². The van der Waals surface area contributed by atoms with Crippen LogP contribution in [-0.4, -0.2) is 46.9 Å². The average Bonchev–Trinajstić information content (AvgIpc) is 2.97. The summed E-state index contributed by atoms with van der Waals surface area (Å²) >= 11 is 0. The highest BCUT2D eigenvalue weighted by molar-refractivity contribution is 6.01. The monoisotopic (exact) mass is 343 g/mol. The van der Waals surface area contributed by atoms with E-state index in [2.05, 4.69) is 15.7 Å². The fraction of sp³-hybridized carbons (Fsp3) is 0.353. The normalized spacial score (nSPS) is 15.2. The number of carbonyl (C=O) groups is 2. The quantitative estimate of drug-likeness (QED) is 0.757. The highest BCUT2D eigenvalue weighted by Crippen LogP contribution is 2.29. The van der Waals surface area contributed by atoms with E-state index in [0.717, 1.165) is 11.3 Å². The number of anilines is 2. The van der Waals surface area contributed by atoms with Gasteiger partial charge in [-0.25, -0.2) is 0 Å². The van der Waals surface area contributed by atoms with Crippen molar-refractivity contribution in [1.82, 2.24) is 15.1 Å². The molecule has 0 bridgehead atoms. The van der Waals surface area contributed by atoms with Crippen molar-refractivity contribution in [3.05, 3.63) is 41.7 Å². The van der Waals surface area contributed by atoms with Gasteiger partial charge in [-0.1, -0.05) is 0 Å². The molecule has 1 aromatic carbocycles. The Kier molecular flexibility index (Phi) is 4.71. The molecule has 0 spiro atoms. The number of aromatic nitrogens is 2. The van der Waals surface area contributed by atoms with Crippen LogP contribution in [0.15, 0.2) is 30.6 Å². The molecular formula is C17H21N5O3. The van der Waals surface area contributed by atoms with Gasteiger partial charge < -0.3 is 20.6 Å². The van der Waals surface area contributed by atoms with Crippen molar-refractivity contribution in [3.8, 4) is 0 Å². The van der Waals surface area contributed by atoms with Gasteiger partial charge in [-0.3, -0.25) is 14.3 Å². The molecule has 0 saturated heterocycles. The highest BCUT2D eigenvalue weighted by atomic mass is 16.3. The molecular weight excluding hydrogens is 322 g/mol. The van der Waals surface area contributed by atoms with Crippen molar-refractivity contribution < 1.29 is 14.7 Å². The highest BCUT2D eigenvalue weighted by Gasteiger charge is 2.20. The smallest absolute Gasteiger partial charge is 0.251 e. The van der Waals surface area contributed by atoms with Gasteiger partial charge in [-0.15, -0.1) is 0 Å². The van der Waals surface area contributed by atoms with E-state index in [4.69, 9.17) is 0 Å². The molecule has 8 nitrogen and oxygen atoms in total. The second-order valence-electron chi connectivity index (χ2n) is 6.11. The number of benzene rings is 1. The summed E-state index contributed by atoms with van der Waals surface area (Å²) in [6, 6.07) is 4.63. The molecule has 3 rings (SSSR count). The number of nitrogens with one attached hydrogen (secondary N) is 2. The second kappa shape index (κ2) is 6.94. The lowest BCUT2D eigenvalue weighted by Gasteiger charge is -2.19. The lowest BCUT2D eigenvalue weighted by Crippen LogP contribution is -2.30. The van der Waals surface area contributed by atoms with E-state index in [1.54, 1.807) is 36.3 Å². The molecule has 2 amide bonds. The van der Waals surface area contributed by atoms with Gasteiger partial charge in [-0.2, -0.15) is 5.10 Å². The molecule has 132 valence electrons. The van der Waals surface area contributed by atoms with Crippen molar-refractivity contribution >= 4 is 23.2 Å². The molecule has 0 saturated carbocycles. The predicted octanol–water partition coefficient (Wildman–Crippen LogP) is 0.662. The summed E-state index contributed by atoms with van der Waals surface area (Å²) in [6.45, 7) is 0.389. The first kappa shape index (κ1) is 17.0. The van der Waals surface area contributed by atoms with Gasteiger partial charge in [0.15, 0.2) is 0 Å². The SMILES string of the molecule is CN1CCC(=O)Nc2cc(C(=O)NC(CO)c3cnn(C)c3)ccc21. The topological polar surface area (TPSA) is 99.5 Å². The number of hydrogen-bond acceptors (Lipinski definition) is 5. The second-order valence-corrected chi connectivity index (χ2v) is 6.11. The molecule has 1 atom stereocenters. The van der Waals surface area contributed by atoms with Crippen molar-refractivity contribution in [2.24, 2.45) is 7.05 Å². The minimum Gasteiger partial charge on any atom is -0.394 e. The van der Waals surface area contributed by atoms with Gasteiger partial charge in [0.05, 0.1) is 30.2 Å². The number of aryl methyl sites for hydroxylation is 1. The molecule has 0 aliphatic carbocycles. The first-order valence-electron chi connectivity index (χ1n) is 8.03. The molecule has 2 heterocycles. The molecule has 1 unspecified atom stereocenters. The Morgan fingerprint density at radius 1 is 1.44 bits per heavy atom. The van der Waals surface area contributed by atoms with E-state index in [-0.39, 0.29) is 18.4 Å².